The van der Waals surface area contributed by atoms with Gasteiger partial charge in [-0.2, -0.15) is 0 Å². The third kappa shape index (κ3) is 3.95. The van der Waals surface area contributed by atoms with Crippen LogP contribution in [0.15, 0.2) is 67.0 Å². The maximum atomic E-state index is 2.45. The Hall–Kier alpha value is -2.48. The minimum absolute atomic E-state index is 0.951. The molecular weight excluding hydrogens is 328 g/mol. The summed E-state index contributed by atoms with van der Waals surface area (Å²) in [5.74, 6) is 0. The van der Waals surface area contributed by atoms with Gasteiger partial charge in [0.2, 0.25) is 0 Å². The van der Waals surface area contributed by atoms with Crippen molar-refractivity contribution >= 4 is 27.2 Å². The summed E-state index contributed by atoms with van der Waals surface area (Å²) in [6.45, 7) is 4.38. The van der Waals surface area contributed by atoms with E-state index in [4.69, 9.17) is 0 Å². The molecule has 2 nitrogen and oxygen atoms in total. The van der Waals surface area contributed by atoms with Gasteiger partial charge in [-0.15, -0.1) is 0 Å². The highest BCUT2D eigenvalue weighted by Gasteiger charge is 2.18. The Labute approximate surface area is 163 Å². The van der Waals surface area contributed by atoms with Crippen LogP contribution in [-0.4, -0.2) is 18.1 Å². The van der Waals surface area contributed by atoms with E-state index >= 15 is 0 Å². The molecule has 1 aliphatic heterocycles. The molecule has 4 rings (SSSR count). The van der Waals surface area contributed by atoms with Gasteiger partial charge in [0.15, 0.2) is 0 Å². The van der Waals surface area contributed by atoms with Gasteiger partial charge in [-0.05, 0) is 23.3 Å². The Morgan fingerprint density at radius 3 is 2.07 bits per heavy atom. The zero-order valence-corrected chi connectivity index (χ0v) is 16.4. The SMILES string of the molecule is CCCCCCCCN1C=CN(c2c3ccccc3cc3ccccc23)C1. The van der Waals surface area contributed by atoms with Crippen LogP contribution in [0.25, 0.3) is 21.5 Å². The second kappa shape index (κ2) is 8.47. The lowest BCUT2D eigenvalue weighted by molar-refractivity contribution is 0.388. The molecule has 0 saturated carbocycles. The van der Waals surface area contributed by atoms with Crippen molar-refractivity contribution in [3.8, 4) is 0 Å². The molecule has 0 N–H and O–H groups in total. The molecule has 0 aliphatic carbocycles. The van der Waals surface area contributed by atoms with Crippen molar-refractivity contribution in [3.63, 3.8) is 0 Å². The average molecular weight is 359 g/mol. The first-order chi connectivity index (χ1) is 13.4. The van der Waals surface area contributed by atoms with Crippen LogP contribution in [-0.2, 0) is 0 Å². The lowest BCUT2D eigenvalue weighted by atomic mass is 10.0. The molecule has 1 heterocycles. The van der Waals surface area contributed by atoms with Crippen molar-refractivity contribution in [2.24, 2.45) is 0 Å². The van der Waals surface area contributed by atoms with Crippen molar-refractivity contribution < 1.29 is 0 Å². The number of unbranched alkanes of at least 4 members (excludes halogenated alkanes) is 5. The number of rotatable bonds is 8. The topological polar surface area (TPSA) is 6.48 Å². The molecule has 0 amide bonds. The quantitative estimate of drug-likeness (QED) is 0.319. The van der Waals surface area contributed by atoms with E-state index in [1.807, 2.05) is 0 Å². The van der Waals surface area contributed by atoms with Crippen LogP contribution in [0.4, 0.5) is 5.69 Å². The zero-order valence-electron chi connectivity index (χ0n) is 16.4. The molecule has 0 aromatic heterocycles. The number of hydrogen-bond acceptors (Lipinski definition) is 2. The molecule has 3 aromatic carbocycles. The monoisotopic (exact) mass is 358 g/mol. The molecular formula is C25H30N2. The molecule has 140 valence electrons. The number of fused-ring (bicyclic) bond motifs is 2. The summed E-state index contributed by atoms with van der Waals surface area (Å²) in [5, 5.41) is 5.30. The fourth-order valence-corrected chi connectivity index (χ4v) is 4.15. The van der Waals surface area contributed by atoms with Gasteiger partial charge in [0.05, 0.1) is 12.4 Å². The number of nitrogens with zero attached hydrogens (tertiary/aromatic N) is 2. The lowest BCUT2D eigenvalue weighted by Gasteiger charge is -2.24. The van der Waals surface area contributed by atoms with Crippen LogP contribution < -0.4 is 4.90 Å². The lowest BCUT2D eigenvalue weighted by Crippen LogP contribution is -2.26. The van der Waals surface area contributed by atoms with Crippen LogP contribution in [0.3, 0.4) is 0 Å². The van der Waals surface area contributed by atoms with Gasteiger partial charge in [0.25, 0.3) is 0 Å². The van der Waals surface area contributed by atoms with Crippen molar-refractivity contribution in [2.75, 3.05) is 18.1 Å². The largest absolute Gasteiger partial charge is 0.358 e. The first-order valence-corrected chi connectivity index (χ1v) is 10.5. The summed E-state index contributed by atoms with van der Waals surface area (Å²) < 4.78 is 0. The van der Waals surface area contributed by atoms with Crippen molar-refractivity contribution in [1.82, 2.24) is 4.90 Å². The van der Waals surface area contributed by atoms with Crippen LogP contribution >= 0.6 is 0 Å². The van der Waals surface area contributed by atoms with Gasteiger partial charge in [-0.25, -0.2) is 0 Å². The van der Waals surface area contributed by atoms with Crippen molar-refractivity contribution in [3.05, 3.63) is 67.0 Å². The molecule has 27 heavy (non-hydrogen) atoms. The Kier molecular flexibility index (Phi) is 5.62. The molecule has 0 radical (unpaired) electrons. The summed E-state index contributed by atoms with van der Waals surface area (Å²) in [6.07, 6.45) is 12.6. The van der Waals surface area contributed by atoms with E-state index in [2.05, 4.69) is 83.7 Å². The Morgan fingerprint density at radius 2 is 1.37 bits per heavy atom. The van der Waals surface area contributed by atoms with E-state index in [0.717, 1.165) is 13.2 Å². The molecule has 1 aliphatic rings. The fourth-order valence-electron chi connectivity index (χ4n) is 4.15. The predicted molar refractivity (Wildman–Crippen MR) is 118 cm³/mol. The molecule has 0 bridgehead atoms. The van der Waals surface area contributed by atoms with E-state index in [0.29, 0.717) is 0 Å². The second-order valence-electron chi connectivity index (χ2n) is 7.66. The first-order valence-electron chi connectivity index (χ1n) is 10.5. The van der Waals surface area contributed by atoms with Crippen molar-refractivity contribution in [2.45, 2.75) is 45.4 Å². The first kappa shape index (κ1) is 17.9. The number of hydrogen-bond donors (Lipinski definition) is 0. The van der Waals surface area contributed by atoms with Gasteiger partial charge >= 0.3 is 0 Å². The van der Waals surface area contributed by atoms with E-state index in [1.165, 1.54) is 65.8 Å². The highest BCUT2D eigenvalue weighted by Crippen LogP contribution is 2.36. The van der Waals surface area contributed by atoms with E-state index in [-0.39, 0.29) is 0 Å². The minimum atomic E-state index is 0.951. The molecule has 0 saturated heterocycles. The molecule has 0 fully saturated rings. The Morgan fingerprint density at radius 1 is 0.741 bits per heavy atom. The molecule has 0 unspecified atom stereocenters. The summed E-state index contributed by atoms with van der Waals surface area (Å²) in [6, 6.07) is 19.8. The standard InChI is InChI=1S/C25H30N2/c1-2-3-4-5-6-11-16-26-17-18-27(20-26)25-23-14-9-7-12-21(23)19-22-13-8-10-15-24(22)25/h7-10,12-15,17-19H,2-6,11,16,20H2,1H3. The highest BCUT2D eigenvalue weighted by atomic mass is 15.3. The maximum absolute atomic E-state index is 2.45. The zero-order chi connectivity index (χ0) is 18.5. The Balaban J connectivity index is 1.50. The average Bonchev–Trinajstić information content (AvgIpc) is 3.17. The van der Waals surface area contributed by atoms with Gasteiger partial charge in [-0.1, -0.05) is 87.6 Å². The van der Waals surface area contributed by atoms with Gasteiger partial charge < -0.3 is 9.80 Å². The van der Waals surface area contributed by atoms with E-state index < -0.39 is 0 Å². The van der Waals surface area contributed by atoms with Crippen LogP contribution in [0, 0.1) is 0 Å². The highest BCUT2D eigenvalue weighted by molar-refractivity contribution is 6.11. The fraction of sp³-hybridized carbons (Fsp3) is 0.360. The summed E-state index contributed by atoms with van der Waals surface area (Å²) in [5.41, 5.74) is 1.34. The minimum Gasteiger partial charge on any atom is -0.358 e. The second-order valence-corrected chi connectivity index (χ2v) is 7.66. The third-order valence-corrected chi connectivity index (χ3v) is 5.62. The maximum Gasteiger partial charge on any atom is 0.0942 e. The van der Waals surface area contributed by atoms with E-state index in [1.54, 1.807) is 0 Å². The van der Waals surface area contributed by atoms with E-state index in [9.17, 15) is 0 Å². The van der Waals surface area contributed by atoms with Crippen LogP contribution in [0.5, 0.6) is 0 Å². The van der Waals surface area contributed by atoms with Gasteiger partial charge in [0, 0.05) is 29.7 Å². The molecule has 2 heteroatoms. The van der Waals surface area contributed by atoms with Gasteiger partial charge in [0.1, 0.15) is 0 Å². The summed E-state index contributed by atoms with van der Waals surface area (Å²) >= 11 is 0. The Bertz CT molecular complexity index is 874. The van der Waals surface area contributed by atoms with Crippen LogP contribution in [0.1, 0.15) is 45.4 Å². The normalized spacial score (nSPS) is 14.0. The van der Waals surface area contributed by atoms with Gasteiger partial charge in [-0.3, -0.25) is 0 Å². The number of benzene rings is 3. The van der Waals surface area contributed by atoms with Crippen molar-refractivity contribution in [1.29, 1.82) is 0 Å². The van der Waals surface area contributed by atoms with Crippen LogP contribution in [0.2, 0.25) is 0 Å². The predicted octanol–water partition coefficient (Wildman–Crippen LogP) is 6.90. The summed E-state index contributed by atoms with van der Waals surface area (Å²) in [7, 11) is 0. The smallest absolute Gasteiger partial charge is 0.0942 e. The number of anilines is 1. The molecule has 0 atom stereocenters. The third-order valence-electron chi connectivity index (χ3n) is 5.62. The molecule has 3 aromatic rings. The molecule has 0 spiro atoms. The summed E-state index contributed by atoms with van der Waals surface area (Å²) in [4.78, 5) is 4.87.